The summed E-state index contributed by atoms with van der Waals surface area (Å²) in [6.45, 7) is 0. The number of halogens is 2. The minimum atomic E-state index is -4.13. The molecule has 8 heteroatoms. The predicted molar refractivity (Wildman–Crippen MR) is 110 cm³/mol. The van der Waals surface area contributed by atoms with Gasteiger partial charge in [-0.15, -0.1) is 0 Å². The highest BCUT2D eigenvalue weighted by Crippen LogP contribution is 2.31. The molecule has 0 spiro atoms. The third kappa shape index (κ3) is 3.74. The predicted octanol–water partition coefficient (Wildman–Crippen LogP) is 5.05. The maximum absolute atomic E-state index is 13.2. The summed E-state index contributed by atoms with van der Waals surface area (Å²) < 4.78 is 46.8. The zero-order chi connectivity index (χ0) is 20.6. The van der Waals surface area contributed by atoms with E-state index in [2.05, 4.69) is 4.72 Å². The van der Waals surface area contributed by atoms with Crippen LogP contribution in [0.4, 0.5) is 10.3 Å². The Hall–Kier alpha value is -3.16. The maximum atomic E-state index is 13.2. The number of sulfonamides is 1. The van der Waals surface area contributed by atoms with Gasteiger partial charge in [0, 0.05) is 5.02 Å². The fraction of sp³-hybridized carbons (Fsp3) is 0. The molecule has 0 aliphatic carbocycles. The van der Waals surface area contributed by atoms with E-state index >= 15 is 0 Å². The van der Waals surface area contributed by atoms with Gasteiger partial charge in [-0.25, -0.2) is 17.5 Å². The molecule has 1 aromatic heterocycles. The molecular weight excluding hydrogens is 417 g/mol. The zero-order valence-corrected chi connectivity index (χ0v) is 16.3. The minimum Gasteiger partial charge on any atom is -0.439 e. The zero-order valence-electron chi connectivity index (χ0n) is 14.7. The molecule has 0 bridgehead atoms. The van der Waals surface area contributed by atoms with E-state index in [0.717, 1.165) is 24.3 Å². The molecule has 0 saturated heterocycles. The van der Waals surface area contributed by atoms with Crippen LogP contribution in [0.15, 0.2) is 86.9 Å². The van der Waals surface area contributed by atoms with Crippen LogP contribution in [0.25, 0.3) is 22.1 Å². The molecule has 1 heterocycles. The fourth-order valence-electron chi connectivity index (χ4n) is 2.89. The number of benzene rings is 3. The number of hydrogen-bond acceptors (Lipinski definition) is 4. The Labute approximate surface area is 170 Å². The number of para-hydroxylation sites is 1. The highest BCUT2D eigenvalue weighted by atomic mass is 35.5. The van der Waals surface area contributed by atoms with E-state index in [9.17, 15) is 17.6 Å². The van der Waals surface area contributed by atoms with Crippen molar-refractivity contribution >= 4 is 38.5 Å². The Bertz CT molecular complexity index is 1360. The first kappa shape index (κ1) is 19.2. The van der Waals surface area contributed by atoms with Gasteiger partial charge in [-0.1, -0.05) is 35.9 Å². The van der Waals surface area contributed by atoms with Gasteiger partial charge in [0.1, 0.15) is 11.4 Å². The summed E-state index contributed by atoms with van der Waals surface area (Å²) >= 11 is 5.93. The number of hydrogen-bond donors (Lipinski definition) is 1. The third-order valence-corrected chi connectivity index (χ3v) is 5.88. The average Bonchev–Trinajstić information content (AvgIpc) is 2.69. The highest BCUT2D eigenvalue weighted by Gasteiger charge is 2.22. The topological polar surface area (TPSA) is 76.4 Å². The van der Waals surface area contributed by atoms with Crippen molar-refractivity contribution in [2.24, 2.45) is 0 Å². The van der Waals surface area contributed by atoms with Crippen LogP contribution in [-0.2, 0) is 10.0 Å². The summed E-state index contributed by atoms with van der Waals surface area (Å²) in [5.74, 6) is -0.802. The van der Waals surface area contributed by atoms with Gasteiger partial charge in [-0.3, -0.25) is 4.79 Å². The normalized spacial score (nSPS) is 11.5. The molecule has 4 aromatic rings. The van der Waals surface area contributed by atoms with E-state index < -0.39 is 21.3 Å². The number of rotatable bonds is 4. The minimum absolute atomic E-state index is 0.0473. The first-order valence-corrected chi connectivity index (χ1v) is 10.3. The molecule has 0 unspecified atom stereocenters. The van der Waals surface area contributed by atoms with Crippen molar-refractivity contribution in [2.45, 2.75) is 4.90 Å². The van der Waals surface area contributed by atoms with Gasteiger partial charge in [-0.2, -0.15) is 0 Å². The molecule has 0 aliphatic rings. The summed E-state index contributed by atoms with van der Waals surface area (Å²) in [5.41, 5.74) is 0.315. The van der Waals surface area contributed by atoms with E-state index in [0.29, 0.717) is 16.0 Å². The van der Waals surface area contributed by atoms with Gasteiger partial charge in [0.15, 0.2) is 0 Å². The summed E-state index contributed by atoms with van der Waals surface area (Å²) in [4.78, 5) is 13.0. The molecule has 3 aromatic carbocycles. The lowest BCUT2D eigenvalue weighted by atomic mass is 10.0. The highest BCUT2D eigenvalue weighted by molar-refractivity contribution is 7.92. The summed E-state index contributed by atoms with van der Waals surface area (Å²) in [6.07, 6.45) is 0. The molecule has 0 saturated carbocycles. The lowest BCUT2D eigenvalue weighted by Gasteiger charge is -2.13. The fourth-order valence-corrected chi connectivity index (χ4v) is 4.01. The smallest absolute Gasteiger partial charge is 0.264 e. The Morgan fingerprint density at radius 2 is 1.55 bits per heavy atom. The average molecular weight is 430 g/mol. The van der Waals surface area contributed by atoms with Crippen LogP contribution < -0.4 is 10.2 Å². The van der Waals surface area contributed by atoms with Crippen molar-refractivity contribution < 1.29 is 17.2 Å². The standard InChI is InChI=1S/C21H13ClFNO4S/c22-14-7-5-13(6-8-14)19-20(25)17-3-1-2-4-18(17)28-21(19)24-29(26,27)16-11-9-15(23)10-12-16/h1-12,24H. The number of fused-ring (bicyclic) bond motifs is 1. The molecule has 0 atom stereocenters. The molecule has 0 radical (unpaired) electrons. The van der Waals surface area contributed by atoms with Gasteiger partial charge in [0.2, 0.25) is 11.3 Å². The quantitative estimate of drug-likeness (QED) is 0.492. The summed E-state index contributed by atoms with van der Waals surface area (Å²) in [5, 5.41) is 0.773. The monoisotopic (exact) mass is 429 g/mol. The van der Waals surface area contributed by atoms with Crippen LogP contribution in [0.5, 0.6) is 0 Å². The lowest BCUT2D eigenvalue weighted by Crippen LogP contribution is -2.17. The van der Waals surface area contributed by atoms with Crippen molar-refractivity contribution in [3.05, 3.63) is 93.9 Å². The summed E-state index contributed by atoms with van der Waals surface area (Å²) in [6, 6.07) is 17.2. The van der Waals surface area contributed by atoms with E-state index in [-0.39, 0.29) is 21.9 Å². The molecule has 5 nitrogen and oxygen atoms in total. The van der Waals surface area contributed by atoms with Crippen molar-refractivity contribution in [3.8, 4) is 11.1 Å². The Balaban J connectivity index is 1.93. The second kappa shape index (κ2) is 7.35. The molecular formula is C21H13ClFNO4S. The van der Waals surface area contributed by atoms with Gasteiger partial charge < -0.3 is 4.42 Å². The van der Waals surface area contributed by atoms with Gasteiger partial charge in [-0.05, 0) is 54.1 Å². The van der Waals surface area contributed by atoms with E-state index in [1.807, 2.05) is 0 Å². The summed E-state index contributed by atoms with van der Waals surface area (Å²) in [7, 11) is -4.13. The van der Waals surface area contributed by atoms with E-state index in [1.54, 1.807) is 48.5 Å². The largest absolute Gasteiger partial charge is 0.439 e. The Morgan fingerprint density at radius 3 is 2.24 bits per heavy atom. The second-order valence-corrected chi connectivity index (χ2v) is 8.32. The van der Waals surface area contributed by atoms with Crippen molar-refractivity contribution in [2.75, 3.05) is 4.72 Å². The van der Waals surface area contributed by atoms with Gasteiger partial charge in [0.05, 0.1) is 15.8 Å². The molecule has 29 heavy (non-hydrogen) atoms. The van der Waals surface area contributed by atoms with Crippen LogP contribution in [0.3, 0.4) is 0 Å². The Morgan fingerprint density at radius 1 is 0.897 bits per heavy atom. The maximum Gasteiger partial charge on any atom is 0.264 e. The molecule has 0 amide bonds. The first-order valence-electron chi connectivity index (χ1n) is 8.45. The third-order valence-electron chi connectivity index (χ3n) is 4.28. The lowest BCUT2D eigenvalue weighted by molar-refractivity contribution is 0.591. The molecule has 0 aliphatic heterocycles. The van der Waals surface area contributed by atoms with Crippen LogP contribution in [0, 0.1) is 5.82 Å². The van der Waals surface area contributed by atoms with Crippen molar-refractivity contribution in [1.29, 1.82) is 0 Å². The molecule has 0 fully saturated rings. The van der Waals surface area contributed by atoms with Gasteiger partial charge in [0.25, 0.3) is 10.0 Å². The van der Waals surface area contributed by atoms with Crippen LogP contribution in [0.2, 0.25) is 5.02 Å². The molecule has 1 N–H and O–H groups in total. The molecule has 146 valence electrons. The van der Waals surface area contributed by atoms with Crippen molar-refractivity contribution in [1.82, 2.24) is 0 Å². The van der Waals surface area contributed by atoms with Crippen molar-refractivity contribution in [3.63, 3.8) is 0 Å². The van der Waals surface area contributed by atoms with Crippen LogP contribution in [-0.4, -0.2) is 8.42 Å². The number of nitrogens with one attached hydrogen (secondary N) is 1. The van der Waals surface area contributed by atoms with Gasteiger partial charge >= 0.3 is 0 Å². The Kier molecular flexibility index (Phi) is 4.86. The molecule has 4 rings (SSSR count). The van der Waals surface area contributed by atoms with E-state index in [4.69, 9.17) is 16.0 Å². The van der Waals surface area contributed by atoms with Crippen LogP contribution in [0.1, 0.15) is 0 Å². The van der Waals surface area contributed by atoms with Crippen LogP contribution >= 0.6 is 11.6 Å². The SMILES string of the molecule is O=c1c(-c2ccc(Cl)cc2)c(NS(=O)(=O)c2ccc(F)cc2)oc2ccccc12. The second-order valence-electron chi connectivity index (χ2n) is 6.20. The first-order chi connectivity index (χ1) is 13.8. The van der Waals surface area contributed by atoms with E-state index in [1.165, 1.54) is 0 Å². The number of anilines is 1.